The van der Waals surface area contributed by atoms with Crippen LogP contribution in [-0.4, -0.2) is 15.0 Å². The molecule has 0 aliphatic carbocycles. The van der Waals surface area contributed by atoms with Crippen molar-refractivity contribution in [1.29, 1.82) is 5.26 Å². The average molecular weight is 324 g/mol. The number of halogens is 1. The summed E-state index contributed by atoms with van der Waals surface area (Å²) in [6.45, 7) is 3.94. The largest absolute Gasteiger partial charge is 0.261 e. The molecular formula is C17H13FN4S. The van der Waals surface area contributed by atoms with Gasteiger partial charge in [-0.05, 0) is 31.0 Å². The number of hydrogen-bond acceptors (Lipinski definition) is 5. The number of nitrogens with zero attached hydrogens (tertiary/aromatic N) is 4. The van der Waals surface area contributed by atoms with Gasteiger partial charge in [0.15, 0.2) is 0 Å². The van der Waals surface area contributed by atoms with E-state index in [9.17, 15) is 4.39 Å². The normalized spacial score (nSPS) is 10.5. The van der Waals surface area contributed by atoms with Gasteiger partial charge >= 0.3 is 0 Å². The molecule has 3 rings (SSSR count). The second-order valence-corrected chi connectivity index (χ2v) is 6.04. The van der Waals surface area contributed by atoms with E-state index in [1.807, 2.05) is 19.9 Å². The van der Waals surface area contributed by atoms with Gasteiger partial charge in [-0.2, -0.15) is 5.26 Å². The first-order valence-electron chi connectivity index (χ1n) is 7.10. The smallest absolute Gasteiger partial charge is 0.142 e. The van der Waals surface area contributed by atoms with Crippen LogP contribution < -0.4 is 0 Å². The minimum Gasteiger partial charge on any atom is -0.261 e. The summed E-state index contributed by atoms with van der Waals surface area (Å²) in [7, 11) is 0. The van der Waals surface area contributed by atoms with Crippen molar-refractivity contribution < 1.29 is 4.39 Å². The van der Waals surface area contributed by atoms with Crippen molar-refractivity contribution in [2.75, 3.05) is 0 Å². The van der Waals surface area contributed by atoms with Gasteiger partial charge in [0.2, 0.25) is 0 Å². The second-order valence-electron chi connectivity index (χ2n) is 5.04. The molecule has 0 saturated heterocycles. The van der Waals surface area contributed by atoms with Crippen molar-refractivity contribution in [2.45, 2.75) is 20.3 Å². The third-order valence-corrected chi connectivity index (χ3v) is 4.56. The van der Waals surface area contributed by atoms with Gasteiger partial charge in [-0.25, -0.2) is 9.37 Å². The highest BCUT2D eigenvalue weighted by atomic mass is 32.1. The molecule has 0 spiro atoms. The topological polar surface area (TPSA) is 62.5 Å². The van der Waals surface area contributed by atoms with Crippen molar-refractivity contribution in [3.05, 3.63) is 53.4 Å². The fourth-order valence-electron chi connectivity index (χ4n) is 2.30. The molecule has 0 N–H and O–H groups in total. The number of thiazole rings is 1. The van der Waals surface area contributed by atoms with Gasteiger partial charge in [-0.1, -0.05) is 6.92 Å². The Morgan fingerprint density at radius 1 is 1.26 bits per heavy atom. The Labute approximate surface area is 137 Å². The fraction of sp³-hybridized carbons (Fsp3) is 0.176. The Kier molecular flexibility index (Phi) is 4.13. The van der Waals surface area contributed by atoms with Gasteiger partial charge in [0.25, 0.3) is 0 Å². The molecule has 114 valence electrons. The highest BCUT2D eigenvalue weighted by Crippen LogP contribution is 2.36. The highest BCUT2D eigenvalue weighted by Gasteiger charge is 2.16. The number of aromatic nitrogens is 3. The molecule has 0 fully saturated rings. The standard InChI is InChI=1S/C17H13FN4S/c1-3-14-16(15-10(2)4-11(6-19)7-21-15)23-17(22-14)12-5-13(18)9-20-8-12/h4-5,7-9H,3H2,1-2H3. The molecule has 0 aliphatic heterocycles. The van der Waals surface area contributed by atoms with Gasteiger partial charge in [-0.15, -0.1) is 11.3 Å². The van der Waals surface area contributed by atoms with Crippen LogP contribution in [0.2, 0.25) is 0 Å². The van der Waals surface area contributed by atoms with Gasteiger partial charge in [-0.3, -0.25) is 9.97 Å². The maximum Gasteiger partial charge on any atom is 0.142 e. The van der Waals surface area contributed by atoms with Crippen LogP contribution >= 0.6 is 11.3 Å². The van der Waals surface area contributed by atoms with Crippen molar-refractivity contribution in [1.82, 2.24) is 15.0 Å². The lowest BCUT2D eigenvalue weighted by atomic mass is 10.1. The van der Waals surface area contributed by atoms with Crippen molar-refractivity contribution in [3.63, 3.8) is 0 Å². The van der Waals surface area contributed by atoms with Crippen LogP contribution in [0.4, 0.5) is 4.39 Å². The third-order valence-electron chi connectivity index (χ3n) is 3.41. The van der Waals surface area contributed by atoms with Crippen molar-refractivity contribution in [2.24, 2.45) is 0 Å². The summed E-state index contributed by atoms with van der Waals surface area (Å²) in [5, 5.41) is 9.68. The predicted octanol–water partition coefficient (Wildman–Crippen LogP) is 4.15. The predicted molar refractivity (Wildman–Crippen MR) is 87.4 cm³/mol. The minimum atomic E-state index is -0.384. The molecule has 4 nitrogen and oxygen atoms in total. The van der Waals surface area contributed by atoms with Gasteiger partial charge in [0.05, 0.1) is 28.0 Å². The van der Waals surface area contributed by atoms with E-state index in [4.69, 9.17) is 5.26 Å². The molecule has 0 saturated carbocycles. The molecule has 3 heterocycles. The lowest BCUT2D eigenvalue weighted by molar-refractivity contribution is 0.622. The monoisotopic (exact) mass is 324 g/mol. The van der Waals surface area contributed by atoms with Gasteiger partial charge in [0, 0.05) is 18.0 Å². The first-order chi connectivity index (χ1) is 11.1. The summed E-state index contributed by atoms with van der Waals surface area (Å²) >= 11 is 1.46. The molecular weight excluding hydrogens is 311 g/mol. The molecule has 0 atom stereocenters. The van der Waals surface area contributed by atoms with E-state index in [0.29, 0.717) is 11.1 Å². The van der Waals surface area contributed by atoms with E-state index in [2.05, 4.69) is 21.0 Å². The van der Waals surface area contributed by atoms with Crippen LogP contribution in [0.1, 0.15) is 23.7 Å². The van der Waals surface area contributed by atoms with E-state index in [1.54, 1.807) is 12.4 Å². The average Bonchev–Trinajstić information content (AvgIpc) is 2.98. The maximum absolute atomic E-state index is 13.4. The molecule has 0 bridgehead atoms. The summed E-state index contributed by atoms with van der Waals surface area (Å²) in [4.78, 5) is 13.8. The zero-order chi connectivity index (χ0) is 16.4. The van der Waals surface area contributed by atoms with E-state index >= 15 is 0 Å². The van der Waals surface area contributed by atoms with Crippen LogP contribution in [0.15, 0.2) is 30.7 Å². The Hall–Kier alpha value is -2.65. The SMILES string of the molecule is CCc1nc(-c2cncc(F)c2)sc1-c1ncc(C#N)cc1C. The van der Waals surface area contributed by atoms with E-state index in [1.165, 1.54) is 23.6 Å². The van der Waals surface area contributed by atoms with E-state index in [0.717, 1.165) is 33.3 Å². The Balaban J connectivity index is 2.12. The summed E-state index contributed by atoms with van der Waals surface area (Å²) < 4.78 is 13.4. The van der Waals surface area contributed by atoms with Gasteiger partial charge in [0.1, 0.15) is 16.9 Å². The Morgan fingerprint density at radius 3 is 2.74 bits per heavy atom. The zero-order valence-electron chi connectivity index (χ0n) is 12.7. The number of pyridine rings is 2. The van der Waals surface area contributed by atoms with Crippen LogP contribution in [0.3, 0.4) is 0 Å². The minimum absolute atomic E-state index is 0.384. The van der Waals surface area contributed by atoms with E-state index in [-0.39, 0.29) is 5.82 Å². The number of rotatable bonds is 3. The number of aryl methyl sites for hydroxylation is 2. The maximum atomic E-state index is 13.4. The third kappa shape index (κ3) is 2.96. The van der Waals surface area contributed by atoms with Crippen molar-refractivity contribution >= 4 is 11.3 Å². The summed E-state index contributed by atoms with van der Waals surface area (Å²) in [6, 6.07) is 5.32. The summed E-state index contributed by atoms with van der Waals surface area (Å²) in [6.07, 6.45) is 5.08. The molecule has 3 aromatic rings. The van der Waals surface area contributed by atoms with E-state index < -0.39 is 0 Å². The summed E-state index contributed by atoms with van der Waals surface area (Å²) in [5.74, 6) is -0.384. The van der Waals surface area contributed by atoms with Crippen molar-refractivity contribution in [3.8, 4) is 27.2 Å². The zero-order valence-corrected chi connectivity index (χ0v) is 13.5. The number of hydrogen-bond donors (Lipinski definition) is 0. The highest BCUT2D eigenvalue weighted by molar-refractivity contribution is 7.18. The molecule has 6 heteroatoms. The Bertz CT molecular complexity index is 911. The fourth-order valence-corrected chi connectivity index (χ4v) is 3.50. The second kappa shape index (κ2) is 6.23. The lowest BCUT2D eigenvalue weighted by Gasteiger charge is -2.03. The van der Waals surface area contributed by atoms with Gasteiger partial charge < -0.3 is 0 Å². The quantitative estimate of drug-likeness (QED) is 0.726. The van der Waals surface area contributed by atoms with Crippen LogP contribution in [0.25, 0.3) is 21.1 Å². The molecule has 0 aliphatic rings. The number of nitriles is 1. The molecule has 0 aromatic carbocycles. The first kappa shape index (κ1) is 15.3. The molecule has 0 amide bonds. The molecule has 3 aromatic heterocycles. The van der Waals surface area contributed by atoms with Crippen LogP contribution in [0, 0.1) is 24.1 Å². The molecule has 23 heavy (non-hydrogen) atoms. The van der Waals surface area contributed by atoms with Crippen LogP contribution in [-0.2, 0) is 6.42 Å². The Morgan fingerprint density at radius 2 is 2.09 bits per heavy atom. The molecule has 0 unspecified atom stereocenters. The molecule has 0 radical (unpaired) electrons. The lowest BCUT2D eigenvalue weighted by Crippen LogP contribution is -1.91. The first-order valence-corrected chi connectivity index (χ1v) is 7.91. The summed E-state index contributed by atoms with van der Waals surface area (Å²) in [5.41, 5.74) is 3.83. The van der Waals surface area contributed by atoms with Crippen LogP contribution in [0.5, 0.6) is 0 Å².